The highest BCUT2D eigenvalue weighted by atomic mass is 15.3. The van der Waals surface area contributed by atoms with Crippen molar-refractivity contribution in [3.63, 3.8) is 0 Å². The van der Waals surface area contributed by atoms with Gasteiger partial charge in [0.2, 0.25) is 0 Å². The molecule has 2 heterocycles. The fourth-order valence-corrected chi connectivity index (χ4v) is 2.54. The molecule has 2 nitrogen and oxygen atoms in total. The second-order valence-corrected chi connectivity index (χ2v) is 3.67. The highest BCUT2D eigenvalue weighted by Crippen LogP contribution is 2.28. The molecular formula is C8H15BN2. The summed E-state index contributed by atoms with van der Waals surface area (Å²) in [4.78, 5) is 4.58. The van der Waals surface area contributed by atoms with E-state index in [4.69, 9.17) is 7.98 Å². The van der Waals surface area contributed by atoms with Crippen LogP contribution in [0.1, 0.15) is 19.8 Å². The Labute approximate surface area is 70.0 Å². The molecule has 2 radical (unpaired) electrons. The molecule has 0 saturated carbocycles. The minimum Gasteiger partial charge on any atom is -0.351 e. The Balaban J connectivity index is 2.06. The van der Waals surface area contributed by atoms with Crippen molar-refractivity contribution < 1.29 is 0 Å². The SMILES string of the molecule is [B]N1CC2CCC(C1)N2CC. The Hall–Kier alpha value is -0.0151. The number of likely N-dealkylation sites (N-methyl/N-ethyl adjacent to an activating group) is 1. The van der Waals surface area contributed by atoms with Crippen LogP contribution in [0.5, 0.6) is 0 Å². The average molecular weight is 150 g/mol. The second-order valence-electron chi connectivity index (χ2n) is 3.67. The molecule has 11 heavy (non-hydrogen) atoms. The molecule has 0 aromatic carbocycles. The summed E-state index contributed by atoms with van der Waals surface area (Å²) in [6, 6.07) is 1.51. The molecule has 2 unspecified atom stereocenters. The quantitative estimate of drug-likeness (QED) is 0.494. The predicted molar refractivity (Wildman–Crippen MR) is 46.5 cm³/mol. The first-order valence-corrected chi connectivity index (χ1v) is 4.56. The highest BCUT2D eigenvalue weighted by Gasteiger charge is 2.36. The molecule has 60 valence electrons. The van der Waals surface area contributed by atoms with Crippen LogP contribution in [0.25, 0.3) is 0 Å². The van der Waals surface area contributed by atoms with Gasteiger partial charge in [-0.25, -0.2) is 0 Å². The van der Waals surface area contributed by atoms with Gasteiger partial charge in [-0.1, -0.05) is 6.92 Å². The van der Waals surface area contributed by atoms with E-state index >= 15 is 0 Å². The first kappa shape index (κ1) is 7.62. The summed E-state index contributed by atoms with van der Waals surface area (Å²) in [5.74, 6) is 0. The van der Waals surface area contributed by atoms with Gasteiger partial charge in [-0.2, -0.15) is 0 Å². The third kappa shape index (κ3) is 1.21. The summed E-state index contributed by atoms with van der Waals surface area (Å²) in [6.07, 6.45) is 2.71. The summed E-state index contributed by atoms with van der Waals surface area (Å²) in [6.45, 7) is 5.59. The van der Waals surface area contributed by atoms with Crippen molar-refractivity contribution in [2.45, 2.75) is 31.8 Å². The normalized spacial score (nSPS) is 39.7. The Bertz CT molecular complexity index is 137. The Kier molecular flexibility index (Phi) is 1.94. The minimum atomic E-state index is 0.753. The maximum Gasteiger partial charge on any atom is 0.182 e. The molecule has 3 heteroatoms. The number of rotatable bonds is 1. The van der Waals surface area contributed by atoms with Gasteiger partial charge in [0.1, 0.15) is 0 Å². The van der Waals surface area contributed by atoms with Crippen LogP contribution in [0.15, 0.2) is 0 Å². The smallest absolute Gasteiger partial charge is 0.182 e. The lowest BCUT2D eigenvalue weighted by molar-refractivity contribution is 0.118. The van der Waals surface area contributed by atoms with Gasteiger partial charge in [-0.15, -0.1) is 0 Å². The van der Waals surface area contributed by atoms with Crippen molar-refractivity contribution in [2.24, 2.45) is 0 Å². The van der Waals surface area contributed by atoms with Gasteiger partial charge in [0, 0.05) is 25.2 Å². The van der Waals surface area contributed by atoms with Crippen molar-refractivity contribution in [3.8, 4) is 0 Å². The third-order valence-electron chi connectivity index (χ3n) is 3.03. The molecule has 2 saturated heterocycles. The predicted octanol–water partition coefficient (Wildman–Crippen LogP) is 0.238. The van der Waals surface area contributed by atoms with Gasteiger partial charge in [0.25, 0.3) is 0 Å². The van der Waals surface area contributed by atoms with Crippen LogP contribution >= 0.6 is 0 Å². The van der Waals surface area contributed by atoms with Crippen molar-refractivity contribution >= 4 is 7.98 Å². The molecule has 0 aromatic heterocycles. The first-order valence-electron chi connectivity index (χ1n) is 4.56. The minimum absolute atomic E-state index is 0.753. The number of piperazine rings is 1. The number of fused-ring (bicyclic) bond motifs is 2. The zero-order chi connectivity index (χ0) is 7.84. The Morgan fingerprint density at radius 2 is 1.82 bits per heavy atom. The van der Waals surface area contributed by atoms with Gasteiger partial charge in [0.15, 0.2) is 7.98 Å². The van der Waals surface area contributed by atoms with E-state index in [-0.39, 0.29) is 0 Å². The molecule has 0 N–H and O–H groups in total. The molecule has 2 aliphatic heterocycles. The molecule has 0 amide bonds. The van der Waals surface area contributed by atoms with E-state index in [9.17, 15) is 0 Å². The molecule has 2 rings (SSSR count). The van der Waals surface area contributed by atoms with Crippen LogP contribution in [0.2, 0.25) is 0 Å². The van der Waals surface area contributed by atoms with Gasteiger partial charge < -0.3 is 4.81 Å². The molecule has 2 aliphatic rings. The van der Waals surface area contributed by atoms with E-state index in [1.54, 1.807) is 0 Å². The van der Waals surface area contributed by atoms with Gasteiger partial charge in [0.05, 0.1) is 0 Å². The summed E-state index contributed by atoms with van der Waals surface area (Å²) in [5, 5.41) is 0. The standard InChI is InChI=1S/C8H15BN2/c1-2-11-7-3-4-8(11)6-10(9)5-7/h7-8H,2-6H2,1H3. The molecule has 2 fully saturated rings. The molecule has 0 spiro atoms. The van der Waals surface area contributed by atoms with E-state index in [0.717, 1.165) is 25.2 Å². The first-order chi connectivity index (χ1) is 5.31. The lowest BCUT2D eigenvalue weighted by atomic mass is 10.1. The van der Waals surface area contributed by atoms with Crippen LogP contribution in [0, 0.1) is 0 Å². The topological polar surface area (TPSA) is 6.48 Å². The third-order valence-corrected chi connectivity index (χ3v) is 3.03. The lowest BCUT2D eigenvalue weighted by Crippen LogP contribution is -2.52. The largest absolute Gasteiger partial charge is 0.351 e. The van der Waals surface area contributed by atoms with Crippen LogP contribution in [0.3, 0.4) is 0 Å². The van der Waals surface area contributed by atoms with E-state index in [1.165, 1.54) is 19.4 Å². The van der Waals surface area contributed by atoms with Crippen LogP contribution in [-0.4, -0.2) is 49.4 Å². The average Bonchev–Trinajstić information content (AvgIpc) is 2.23. The van der Waals surface area contributed by atoms with Gasteiger partial charge >= 0.3 is 0 Å². The maximum atomic E-state index is 5.78. The van der Waals surface area contributed by atoms with Crippen molar-refractivity contribution in [1.29, 1.82) is 0 Å². The Morgan fingerprint density at radius 1 is 1.27 bits per heavy atom. The number of nitrogens with zero attached hydrogens (tertiary/aromatic N) is 2. The summed E-state index contributed by atoms with van der Waals surface area (Å²) in [5.41, 5.74) is 0. The van der Waals surface area contributed by atoms with E-state index in [2.05, 4.69) is 11.8 Å². The molecule has 0 aromatic rings. The summed E-state index contributed by atoms with van der Waals surface area (Å²) in [7, 11) is 5.78. The van der Waals surface area contributed by atoms with Crippen molar-refractivity contribution in [2.75, 3.05) is 19.6 Å². The van der Waals surface area contributed by atoms with Crippen LogP contribution in [0.4, 0.5) is 0 Å². The van der Waals surface area contributed by atoms with Gasteiger partial charge in [-0.05, 0) is 19.4 Å². The second kappa shape index (κ2) is 2.79. The van der Waals surface area contributed by atoms with Crippen LogP contribution < -0.4 is 0 Å². The fraction of sp³-hybridized carbons (Fsp3) is 1.00. The molecule has 2 bridgehead atoms. The summed E-state index contributed by atoms with van der Waals surface area (Å²) >= 11 is 0. The van der Waals surface area contributed by atoms with E-state index < -0.39 is 0 Å². The van der Waals surface area contributed by atoms with E-state index in [1.807, 2.05) is 4.81 Å². The molecule has 2 atom stereocenters. The zero-order valence-corrected chi connectivity index (χ0v) is 7.16. The maximum absolute atomic E-state index is 5.78. The molecule has 0 aliphatic carbocycles. The van der Waals surface area contributed by atoms with Gasteiger partial charge in [-0.3, -0.25) is 4.90 Å². The van der Waals surface area contributed by atoms with Crippen molar-refractivity contribution in [3.05, 3.63) is 0 Å². The highest BCUT2D eigenvalue weighted by molar-refractivity contribution is 6.04. The zero-order valence-electron chi connectivity index (χ0n) is 7.16. The monoisotopic (exact) mass is 150 g/mol. The summed E-state index contributed by atoms with van der Waals surface area (Å²) < 4.78 is 0. The lowest BCUT2D eigenvalue weighted by Gasteiger charge is -2.39. The number of hydrogen-bond donors (Lipinski definition) is 0. The molecular weight excluding hydrogens is 135 g/mol. The number of hydrogen-bond acceptors (Lipinski definition) is 2. The van der Waals surface area contributed by atoms with Crippen molar-refractivity contribution in [1.82, 2.24) is 9.71 Å². The van der Waals surface area contributed by atoms with E-state index in [0.29, 0.717) is 0 Å². The van der Waals surface area contributed by atoms with Crippen LogP contribution in [-0.2, 0) is 0 Å². The fourth-order valence-electron chi connectivity index (χ4n) is 2.54. The Morgan fingerprint density at radius 3 is 2.27 bits per heavy atom.